The first-order valence-corrected chi connectivity index (χ1v) is 11.6. The van der Waals surface area contributed by atoms with Crippen LogP contribution in [0.2, 0.25) is 0 Å². The number of nitro groups is 1. The number of pyridine rings is 1. The van der Waals surface area contributed by atoms with E-state index in [0.29, 0.717) is 11.3 Å². The van der Waals surface area contributed by atoms with Crippen LogP contribution in [-0.4, -0.2) is 9.91 Å². The van der Waals surface area contributed by atoms with E-state index in [1.54, 1.807) is 31.2 Å². The second kappa shape index (κ2) is 9.62. The predicted molar refractivity (Wildman–Crippen MR) is 148 cm³/mol. The number of nitrogens with zero attached hydrogens (tertiary/aromatic N) is 3. The van der Waals surface area contributed by atoms with Gasteiger partial charge in [0.2, 0.25) is 10.9 Å². The molecule has 0 amide bonds. The van der Waals surface area contributed by atoms with E-state index in [-0.39, 0.29) is 28.6 Å². The fraction of sp³-hybridized carbons (Fsp3) is 0.0370. The lowest BCUT2D eigenvalue weighted by Gasteiger charge is -2.19. The molecule has 3 aromatic rings. The molecule has 2 aliphatic rings. The summed E-state index contributed by atoms with van der Waals surface area (Å²) in [5, 5.41) is 22.0. The normalized spacial score (nSPS) is 10.8. The molecule has 1 aromatic heterocycles. The average Bonchev–Trinajstić information content (AvgIpc) is 2.93. The number of para-hydroxylation sites is 1. The summed E-state index contributed by atoms with van der Waals surface area (Å²) in [5.74, 6) is 0.166. The number of fused-ring (bicyclic) bond motifs is 1. The highest BCUT2D eigenvalue weighted by Crippen LogP contribution is 2.33. The van der Waals surface area contributed by atoms with Crippen LogP contribution in [0.25, 0.3) is 10.8 Å². The number of benzene rings is 2. The maximum atomic E-state index is 13.5. The van der Waals surface area contributed by atoms with E-state index in [2.05, 4.69) is 21.2 Å². The summed E-state index contributed by atoms with van der Waals surface area (Å²) in [6, 6.07) is 14.8. The summed E-state index contributed by atoms with van der Waals surface area (Å²) in [6.07, 6.45) is 0. The van der Waals surface area contributed by atoms with Gasteiger partial charge in [-0.25, -0.2) is 4.98 Å². The third-order valence-electron chi connectivity index (χ3n) is 6.36. The summed E-state index contributed by atoms with van der Waals surface area (Å²) < 4.78 is 0. The number of hydrazine groups is 1. The second-order valence-electron chi connectivity index (χ2n) is 8.68. The Balaban J connectivity index is 1.74. The minimum Gasteiger partial charge on any atom is -0.383 e. The Morgan fingerprint density at radius 2 is 1.52 bits per heavy atom. The van der Waals surface area contributed by atoms with E-state index in [4.69, 9.17) is 5.73 Å². The van der Waals surface area contributed by atoms with Gasteiger partial charge in [0.15, 0.2) is 16.7 Å². The quantitative estimate of drug-likeness (QED) is 0.182. The molecule has 40 heavy (non-hydrogen) atoms. The van der Waals surface area contributed by atoms with Crippen molar-refractivity contribution in [3.63, 3.8) is 0 Å². The van der Waals surface area contributed by atoms with E-state index < -0.39 is 53.5 Å². The first kappa shape index (κ1) is 25.5. The van der Waals surface area contributed by atoms with Gasteiger partial charge in [-0.15, -0.1) is 0 Å². The van der Waals surface area contributed by atoms with Gasteiger partial charge in [-0.05, 0) is 42.8 Å². The molecule has 0 atom stereocenters. The molecule has 2 aromatic carbocycles. The molecule has 13 heteroatoms. The highest BCUT2D eigenvalue weighted by molar-refractivity contribution is 6.00. The topological polar surface area (TPSA) is 210 Å². The number of rotatable bonds is 6. The highest BCUT2D eigenvalue weighted by Gasteiger charge is 2.24. The van der Waals surface area contributed by atoms with Crippen molar-refractivity contribution >= 4 is 45.2 Å². The van der Waals surface area contributed by atoms with Gasteiger partial charge in [0.05, 0.1) is 32.0 Å². The van der Waals surface area contributed by atoms with Crippen LogP contribution in [0.1, 0.15) is 11.1 Å². The SMILES string of the molecule is Cc1c(C#N)c(N)nc(Nc2ccccc2)c1NNc1ccc([N+](=O)[O-])c2c(=O)c3c(=O)ccc(=O)c=3c(=O)c12. The lowest BCUT2D eigenvalue weighted by atomic mass is 10.0. The van der Waals surface area contributed by atoms with Crippen LogP contribution >= 0.6 is 0 Å². The zero-order chi connectivity index (χ0) is 28.7. The third kappa shape index (κ3) is 4.02. The molecule has 13 nitrogen and oxygen atoms in total. The molecule has 0 aliphatic heterocycles. The molecule has 2 aliphatic carbocycles. The number of hydrogen-bond donors (Lipinski definition) is 4. The molecule has 0 radical (unpaired) electrons. The van der Waals surface area contributed by atoms with Crippen molar-refractivity contribution in [2.45, 2.75) is 6.92 Å². The number of nitrogens with one attached hydrogen (secondary N) is 3. The van der Waals surface area contributed by atoms with Crippen LogP contribution in [0, 0.1) is 38.8 Å². The summed E-state index contributed by atoms with van der Waals surface area (Å²) in [5.41, 5.74) is 8.23. The Morgan fingerprint density at radius 1 is 0.900 bits per heavy atom. The van der Waals surface area contributed by atoms with Crippen molar-refractivity contribution in [2.75, 3.05) is 21.9 Å². The van der Waals surface area contributed by atoms with Crippen LogP contribution in [-0.2, 0) is 0 Å². The molecule has 0 fully saturated rings. The summed E-state index contributed by atoms with van der Waals surface area (Å²) in [6.45, 7) is 1.60. The van der Waals surface area contributed by atoms with Crippen LogP contribution in [0.4, 0.5) is 34.4 Å². The van der Waals surface area contributed by atoms with Gasteiger partial charge < -0.3 is 11.1 Å². The Bertz CT molecular complexity index is 2190. The van der Waals surface area contributed by atoms with Crippen LogP contribution in [0.3, 0.4) is 0 Å². The van der Waals surface area contributed by atoms with Crippen molar-refractivity contribution in [2.24, 2.45) is 0 Å². The fourth-order valence-corrected chi connectivity index (χ4v) is 4.48. The van der Waals surface area contributed by atoms with Gasteiger partial charge in [-0.2, -0.15) is 5.26 Å². The summed E-state index contributed by atoms with van der Waals surface area (Å²) in [4.78, 5) is 66.9. The maximum Gasteiger partial charge on any atom is 0.281 e. The fourth-order valence-electron chi connectivity index (χ4n) is 4.48. The largest absolute Gasteiger partial charge is 0.383 e. The van der Waals surface area contributed by atoms with Crippen LogP contribution in [0.15, 0.2) is 73.8 Å². The Hall–Kier alpha value is -6.16. The van der Waals surface area contributed by atoms with Crippen molar-refractivity contribution in [3.8, 4) is 6.07 Å². The minimum absolute atomic E-state index is 0.0366. The Kier molecular flexibility index (Phi) is 6.13. The molecule has 196 valence electrons. The Labute approximate surface area is 222 Å². The summed E-state index contributed by atoms with van der Waals surface area (Å²) >= 11 is 0. The van der Waals surface area contributed by atoms with E-state index in [1.165, 1.54) is 6.07 Å². The van der Waals surface area contributed by atoms with Crippen molar-refractivity contribution < 1.29 is 4.92 Å². The maximum absolute atomic E-state index is 13.5. The number of nitrogen functional groups attached to an aromatic ring is 1. The van der Waals surface area contributed by atoms with Crippen molar-refractivity contribution in [1.82, 2.24) is 4.98 Å². The minimum atomic E-state index is -1.11. The van der Waals surface area contributed by atoms with Crippen LogP contribution in [0.5, 0.6) is 0 Å². The van der Waals surface area contributed by atoms with Gasteiger partial charge >= 0.3 is 0 Å². The van der Waals surface area contributed by atoms with Gasteiger partial charge in [-0.1, -0.05) is 18.2 Å². The standard InChI is InChI=1S/C27H17N7O6/c1-12-14(11-28)26(29)31-27(30-13-5-3-2-4-6-13)23(12)33-32-15-7-8-16(34(39)40)20-19(15)24(37)21-17(35)9-10-18(36)22(21)25(20)38/h2-10,32-33H,1H3,(H3,29,30,31). The molecule has 0 bridgehead atoms. The van der Waals surface area contributed by atoms with E-state index >= 15 is 0 Å². The number of non-ortho nitro benzene ring substituents is 1. The van der Waals surface area contributed by atoms with E-state index in [0.717, 1.165) is 18.2 Å². The van der Waals surface area contributed by atoms with E-state index in [9.17, 15) is 34.6 Å². The number of nitrogens with two attached hydrogens (primary N) is 1. The number of nitro benzene ring substituents is 1. The number of hydrogen-bond acceptors (Lipinski definition) is 12. The predicted octanol–water partition coefficient (Wildman–Crippen LogP) is 2.13. The lowest BCUT2D eigenvalue weighted by Crippen LogP contribution is -2.29. The van der Waals surface area contributed by atoms with Gasteiger partial charge in [0.1, 0.15) is 23.0 Å². The van der Waals surface area contributed by atoms with Gasteiger partial charge in [0, 0.05) is 11.8 Å². The molecule has 0 saturated heterocycles. The van der Waals surface area contributed by atoms with Crippen molar-refractivity contribution in [3.05, 3.63) is 127 Å². The van der Waals surface area contributed by atoms with Crippen LogP contribution < -0.4 is 43.6 Å². The lowest BCUT2D eigenvalue weighted by molar-refractivity contribution is -0.383. The molecule has 0 saturated carbocycles. The smallest absolute Gasteiger partial charge is 0.281 e. The number of anilines is 5. The molecule has 1 heterocycles. The van der Waals surface area contributed by atoms with Crippen molar-refractivity contribution in [1.29, 1.82) is 5.26 Å². The third-order valence-corrected chi connectivity index (χ3v) is 6.36. The Morgan fingerprint density at radius 3 is 2.12 bits per heavy atom. The zero-order valence-electron chi connectivity index (χ0n) is 20.6. The molecule has 0 spiro atoms. The van der Waals surface area contributed by atoms with E-state index in [1.807, 2.05) is 12.1 Å². The highest BCUT2D eigenvalue weighted by atomic mass is 16.6. The number of nitriles is 1. The second-order valence-corrected chi connectivity index (χ2v) is 8.68. The molecule has 5 N–H and O–H groups in total. The van der Waals surface area contributed by atoms with Gasteiger partial charge in [-0.3, -0.25) is 40.1 Å². The number of aromatic nitrogens is 1. The monoisotopic (exact) mass is 535 g/mol. The zero-order valence-corrected chi connectivity index (χ0v) is 20.6. The van der Waals surface area contributed by atoms with Gasteiger partial charge in [0.25, 0.3) is 5.69 Å². The molecular weight excluding hydrogens is 518 g/mol. The first-order valence-electron chi connectivity index (χ1n) is 11.6. The molecule has 5 rings (SSSR count). The first-order chi connectivity index (χ1) is 19.1. The summed E-state index contributed by atoms with van der Waals surface area (Å²) in [7, 11) is 0. The molecular formula is C27H17N7O6. The average molecular weight is 535 g/mol. The molecule has 0 unspecified atom stereocenters.